The lowest BCUT2D eigenvalue weighted by atomic mass is 10.1. The molecule has 0 atom stereocenters. The quantitative estimate of drug-likeness (QED) is 0.517. The largest absolute Gasteiger partial charge is 0.352 e. The lowest BCUT2D eigenvalue weighted by Gasteiger charge is -2.14. The minimum atomic E-state index is -0.511. The van der Waals surface area contributed by atoms with Crippen LogP contribution in [0.2, 0.25) is 0 Å². The maximum absolute atomic E-state index is 10.6. The van der Waals surface area contributed by atoms with Gasteiger partial charge in [-0.1, -0.05) is 0 Å². The van der Waals surface area contributed by atoms with Crippen LogP contribution in [0.1, 0.15) is 22.2 Å². The van der Waals surface area contributed by atoms with Gasteiger partial charge in [0.25, 0.3) is 0 Å². The predicted octanol–water partition coefficient (Wildman–Crippen LogP) is 1.19. The molecule has 1 heterocycles. The second-order valence-corrected chi connectivity index (χ2v) is 2.43. The molecule has 13 heavy (non-hydrogen) atoms. The van der Waals surface area contributed by atoms with Crippen LogP contribution in [-0.4, -0.2) is 25.5 Å². The molecule has 0 spiro atoms. The monoisotopic (exact) mass is 181 g/mol. The molecule has 70 valence electrons. The van der Waals surface area contributed by atoms with E-state index in [2.05, 4.69) is 4.98 Å². The highest BCUT2D eigenvalue weighted by Crippen LogP contribution is 2.18. The molecule has 1 aromatic heterocycles. The van der Waals surface area contributed by atoms with Crippen molar-refractivity contribution in [3.8, 4) is 0 Å². The Labute approximate surface area is 76.5 Å². The van der Waals surface area contributed by atoms with Crippen molar-refractivity contribution in [2.24, 2.45) is 0 Å². The highest BCUT2D eigenvalue weighted by molar-refractivity contribution is 5.76. The smallest absolute Gasteiger partial charge is 0.183 e. The van der Waals surface area contributed by atoms with Crippen molar-refractivity contribution >= 4 is 6.29 Å². The number of aldehydes is 1. The van der Waals surface area contributed by atoms with Crippen LogP contribution in [0.4, 0.5) is 0 Å². The van der Waals surface area contributed by atoms with E-state index in [-0.39, 0.29) is 0 Å². The van der Waals surface area contributed by atoms with Crippen molar-refractivity contribution in [1.29, 1.82) is 0 Å². The fourth-order valence-corrected chi connectivity index (χ4v) is 1.08. The summed E-state index contributed by atoms with van der Waals surface area (Å²) in [5.41, 5.74) is 1.17. The highest BCUT2D eigenvalue weighted by Gasteiger charge is 2.12. The van der Waals surface area contributed by atoms with Gasteiger partial charge in [-0.25, -0.2) is 0 Å². The summed E-state index contributed by atoms with van der Waals surface area (Å²) in [6, 6.07) is 1.70. The number of aromatic nitrogens is 1. The molecule has 0 saturated carbocycles. The average Bonchev–Trinajstić information content (AvgIpc) is 2.20. The summed E-state index contributed by atoms with van der Waals surface area (Å²) >= 11 is 0. The van der Waals surface area contributed by atoms with Crippen LogP contribution in [0, 0.1) is 0 Å². The summed E-state index contributed by atoms with van der Waals surface area (Å²) < 4.78 is 10.0. The zero-order chi connectivity index (χ0) is 9.68. The third kappa shape index (κ3) is 2.11. The third-order valence-electron chi connectivity index (χ3n) is 1.70. The Morgan fingerprint density at radius 3 is 2.69 bits per heavy atom. The number of hydrogen-bond donors (Lipinski definition) is 0. The zero-order valence-electron chi connectivity index (χ0n) is 7.56. The second kappa shape index (κ2) is 4.69. The van der Waals surface area contributed by atoms with Gasteiger partial charge in [0.05, 0.1) is 0 Å². The topological polar surface area (TPSA) is 48.4 Å². The summed E-state index contributed by atoms with van der Waals surface area (Å²) in [6.45, 7) is 0. The van der Waals surface area contributed by atoms with Crippen LogP contribution < -0.4 is 0 Å². The van der Waals surface area contributed by atoms with Gasteiger partial charge in [0.1, 0.15) is 0 Å². The van der Waals surface area contributed by atoms with E-state index in [0.717, 1.165) is 6.29 Å². The molecule has 0 aromatic carbocycles. The SMILES string of the molecule is COC(OC)c1ccncc1C=O. The van der Waals surface area contributed by atoms with Gasteiger partial charge in [-0.05, 0) is 6.07 Å². The number of carbonyl (C=O) groups excluding carboxylic acids is 1. The van der Waals surface area contributed by atoms with Crippen molar-refractivity contribution in [2.75, 3.05) is 14.2 Å². The van der Waals surface area contributed by atoms with Gasteiger partial charge in [-0.15, -0.1) is 0 Å². The van der Waals surface area contributed by atoms with Crippen molar-refractivity contribution in [1.82, 2.24) is 4.98 Å². The highest BCUT2D eigenvalue weighted by atomic mass is 16.7. The molecule has 0 aliphatic rings. The molecule has 4 nitrogen and oxygen atoms in total. The Balaban J connectivity index is 3.03. The van der Waals surface area contributed by atoms with Crippen molar-refractivity contribution in [3.63, 3.8) is 0 Å². The van der Waals surface area contributed by atoms with Crippen LogP contribution >= 0.6 is 0 Å². The third-order valence-corrected chi connectivity index (χ3v) is 1.70. The molecule has 1 aromatic rings. The fourth-order valence-electron chi connectivity index (χ4n) is 1.08. The predicted molar refractivity (Wildman–Crippen MR) is 46.4 cm³/mol. The Bertz CT molecular complexity index is 284. The zero-order valence-corrected chi connectivity index (χ0v) is 7.56. The lowest BCUT2D eigenvalue weighted by molar-refractivity contribution is -0.106. The first-order valence-electron chi connectivity index (χ1n) is 3.78. The molecule has 0 aliphatic carbocycles. The van der Waals surface area contributed by atoms with Crippen LogP contribution in [0.25, 0.3) is 0 Å². The number of carbonyl (C=O) groups is 1. The maximum atomic E-state index is 10.6. The molecule has 0 radical (unpaired) electrons. The molecule has 0 aliphatic heterocycles. The van der Waals surface area contributed by atoms with E-state index in [1.807, 2.05) is 0 Å². The summed E-state index contributed by atoms with van der Waals surface area (Å²) in [5.74, 6) is 0. The summed E-state index contributed by atoms with van der Waals surface area (Å²) in [6.07, 6.45) is 3.29. The van der Waals surface area contributed by atoms with Gasteiger partial charge in [0.2, 0.25) is 0 Å². The Morgan fingerprint density at radius 2 is 2.15 bits per heavy atom. The molecule has 0 fully saturated rings. The fraction of sp³-hybridized carbons (Fsp3) is 0.333. The first kappa shape index (κ1) is 9.83. The Kier molecular flexibility index (Phi) is 3.54. The number of methoxy groups -OCH3 is 2. The number of rotatable bonds is 4. The molecular weight excluding hydrogens is 170 g/mol. The van der Waals surface area contributed by atoms with E-state index in [4.69, 9.17) is 9.47 Å². The van der Waals surface area contributed by atoms with Gasteiger partial charge >= 0.3 is 0 Å². The first-order valence-corrected chi connectivity index (χ1v) is 3.78. The van der Waals surface area contributed by atoms with E-state index in [1.54, 1.807) is 12.3 Å². The minimum Gasteiger partial charge on any atom is -0.352 e. The summed E-state index contributed by atoms with van der Waals surface area (Å²) in [7, 11) is 3.03. The number of nitrogens with zero attached hydrogens (tertiary/aromatic N) is 1. The average molecular weight is 181 g/mol. The molecule has 1 rings (SSSR count). The van der Waals surface area contributed by atoms with E-state index in [1.165, 1.54) is 20.4 Å². The molecule has 0 bridgehead atoms. The lowest BCUT2D eigenvalue weighted by Crippen LogP contribution is -2.06. The van der Waals surface area contributed by atoms with E-state index >= 15 is 0 Å². The van der Waals surface area contributed by atoms with Crippen molar-refractivity contribution in [2.45, 2.75) is 6.29 Å². The number of ether oxygens (including phenoxy) is 2. The first-order chi connectivity index (χ1) is 6.33. The molecule has 0 saturated heterocycles. The summed E-state index contributed by atoms with van der Waals surface area (Å²) in [4.78, 5) is 14.4. The van der Waals surface area contributed by atoms with Crippen LogP contribution in [0.5, 0.6) is 0 Å². The summed E-state index contributed by atoms with van der Waals surface area (Å²) in [5, 5.41) is 0. The van der Waals surface area contributed by atoms with Crippen molar-refractivity contribution in [3.05, 3.63) is 29.6 Å². The molecule has 4 heteroatoms. The van der Waals surface area contributed by atoms with Crippen LogP contribution in [-0.2, 0) is 9.47 Å². The molecular formula is C9H11NO3. The molecule has 0 amide bonds. The molecule has 0 unspecified atom stereocenters. The van der Waals surface area contributed by atoms with Crippen molar-refractivity contribution < 1.29 is 14.3 Å². The maximum Gasteiger partial charge on any atom is 0.183 e. The van der Waals surface area contributed by atoms with Gasteiger partial charge in [0, 0.05) is 37.7 Å². The second-order valence-electron chi connectivity index (χ2n) is 2.43. The van der Waals surface area contributed by atoms with Gasteiger partial charge in [0.15, 0.2) is 12.6 Å². The van der Waals surface area contributed by atoms with Crippen LogP contribution in [0.15, 0.2) is 18.5 Å². The van der Waals surface area contributed by atoms with Gasteiger partial charge in [-0.3, -0.25) is 9.78 Å². The van der Waals surface area contributed by atoms with E-state index in [9.17, 15) is 4.79 Å². The van der Waals surface area contributed by atoms with Crippen LogP contribution in [0.3, 0.4) is 0 Å². The van der Waals surface area contributed by atoms with E-state index < -0.39 is 6.29 Å². The molecule has 0 N–H and O–H groups in total. The van der Waals surface area contributed by atoms with Gasteiger partial charge < -0.3 is 9.47 Å². The Morgan fingerprint density at radius 1 is 1.46 bits per heavy atom. The number of hydrogen-bond acceptors (Lipinski definition) is 4. The standard InChI is InChI=1S/C9H11NO3/c1-12-9(13-2)8-3-4-10-5-7(8)6-11/h3-6,9H,1-2H3. The van der Waals surface area contributed by atoms with Gasteiger partial charge in [-0.2, -0.15) is 0 Å². The normalized spacial score (nSPS) is 10.4. The number of pyridine rings is 1. The minimum absolute atomic E-state index is 0.483. The Hall–Kier alpha value is -1.26. The van der Waals surface area contributed by atoms with E-state index in [0.29, 0.717) is 11.1 Å².